The van der Waals surface area contributed by atoms with E-state index in [9.17, 15) is 9.18 Å². The van der Waals surface area contributed by atoms with Crippen LogP contribution in [-0.2, 0) is 4.79 Å². The Labute approximate surface area is 147 Å². The van der Waals surface area contributed by atoms with Gasteiger partial charge in [-0.2, -0.15) is 0 Å². The van der Waals surface area contributed by atoms with E-state index in [1.54, 1.807) is 13.0 Å². The molecule has 1 aliphatic rings. The van der Waals surface area contributed by atoms with E-state index in [-0.39, 0.29) is 11.7 Å². The molecule has 0 unspecified atom stereocenters. The Bertz CT molecular complexity index is 747. The number of nitrogens with zero attached hydrogens (tertiary/aromatic N) is 2. The Balaban J connectivity index is 1.84. The fourth-order valence-electron chi connectivity index (χ4n) is 3.50. The van der Waals surface area contributed by atoms with Crippen LogP contribution in [0.4, 0.5) is 15.8 Å². The predicted molar refractivity (Wildman–Crippen MR) is 95.5 cm³/mol. The topological polar surface area (TPSA) is 58.4 Å². The van der Waals surface area contributed by atoms with E-state index in [0.29, 0.717) is 17.1 Å². The number of amides is 1. The van der Waals surface area contributed by atoms with Crippen molar-refractivity contribution in [1.82, 2.24) is 5.16 Å². The third-order valence-electron chi connectivity index (χ3n) is 4.83. The van der Waals surface area contributed by atoms with E-state index in [0.717, 1.165) is 37.2 Å². The van der Waals surface area contributed by atoms with Crippen molar-refractivity contribution in [1.29, 1.82) is 0 Å². The molecule has 1 aliphatic heterocycles. The molecule has 1 N–H and O–H groups in total. The highest BCUT2D eigenvalue weighted by Crippen LogP contribution is 2.31. The SMILES string of the molecule is Cc1noc(C)c1[C@H](C)C(=O)Nc1cc(F)ccc1N1CCCCC1. The van der Waals surface area contributed by atoms with Crippen LogP contribution in [0.2, 0.25) is 0 Å². The van der Waals surface area contributed by atoms with Gasteiger partial charge in [-0.25, -0.2) is 4.39 Å². The molecule has 0 spiro atoms. The number of nitrogens with one attached hydrogen (secondary N) is 1. The fourth-order valence-corrected chi connectivity index (χ4v) is 3.50. The van der Waals surface area contributed by atoms with Crippen molar-refractivity contribution < 1.29 is 13.7 Å². The predicted octanol–water partition coefficient (Wildman–Crippen LogP) is 4.16. The van der Waals surface area contributed by atoms with Crippen LogP contribution in [0.3, 0.4) is 0 Å². The molecule has 0 saturated carbocycles. The van der Waals surface area contributed by atoms with Crippen LogP contribution >= 0.6 is 0 Å². The average molecular weight is 345 g/mol. The zero-order chi connectivity index (χ0) is 18.0. The molecule has 5 nitrogen and oxygen atoms in total. The Kier molecular flexibility index (Phi) is 5.06. The molecule has 1 atom stereocenters. The summed E-state index contributed by atoms with van der Waals surface area (Å²) < 4.78 is 18.9. The molecule has 0 radical (unpaired) electrons. The second kappa shape index (κ2) is 7.25. The minimum Gasteiger partial charge on any atom is -0.370 e. The number of aromatic nitrogens is 1. The van der Waals surface area contributed by atoms with Gasteiger partial charge < -0.3 is 14.7 Å². The highest BCUT2D eigenvalue weighted by molar-refractivity contribution is 5.98. The quantitative estimate of drug-likeness (QED) is 0.904. The van der Waals surface area contributed by atoms with Gasteiger partial charge >= 0.3 is 0 Å². The van der Waals surface area contributed by atoms with Gasteiger partial charge in [0.15, 0.2) is 0 Å². The molecule has 1 aromatic heterocycles. The van der Waals surface area contributed by atoms with Crippen molar-refractivity contribution in [2.75, 3.05) is 23.3 Å². The summed E-state index contributed by atoms with van der Waals surface area (Å²) in [6.07, 6.45) is 3.43. The van der Waals surface area contributed by atoms with Crippen LogP contribution in [-0.4, -0.2) is 24.2 Å². The summed E-state index contributed by atoms with van der Waals surface area (Å²) in [6, 6.07) is 4.58. The van der Waals surface area contributed by atoms with Gasteiger partial charge in [0.1, 0.15) is 11.6 Å². The van der Waals surface area contributed by atoms with Crippen LogP contribution in [0.15, 0.2) is 22.7 Å². The standard InChI is InChI=1S/C19H24FN3O2/c1-12(18-13(2)22-25-14(18)3)19(24)21-16-11-15(20)7-8-17(16)23-9-5-4-6-10-23/h7-8,11-12H,4-6,9-10H2,1-3H3,(H,21,24)/t12-/m0/s1. The summed E-state index contributed by atoms with van der Waals surface area (Å²) in [5.41, 5.74) is 2.88. The molecule has 2 heterocycles. The lowest BCUT2D eigenvalue weighted by molar-refractivity contribution is -0.117. The molecular weight excluding hydrogens is 321 g/mol. The summed E-state index contributed by atoms with van der Waals surface area (Å²) >= 11 is 0. The van der Waals surface area contributed by atoms with Gasteiger partial charge in [0.25, 0.3) is 0 Å². The van der Waals surface area contributed by atoms with Crippen LogP contribution < -0.4 is 10.2 Å². The second-order valence-corrected chi connectivity index (χ2v) is 6.66. The highest BCUT2D eigenvalue weighted by Gasteiger charge is 2.24. The number of anilines is 2. The molecule has 0 bridgehead atoms. The molecule has 1 fully saturated rings. The molecule has 3 rings (SSSR count). The van der Waals surface area contributed by atoms with Crippen molar-refractivity contribution in [3.05, 3.63) is 41.0 Å². The normalized spacial score (nSPS) is 15.9. The molecule has 1 saturated heterocycles. The van der Waals surface area contributed by atoms with Crippen LogP contribution in [0, 0.1) is 19.7 Å². The first-order valence-electron chi connectivity index (χ1n) is 8.75. The third-order valence-corrected chi connectivity index (χ3v) is 4.83. The van der Waals surface area contributed by atoms with E-state index in [4.69, 9.17) is 4.52 Å². The van der Waals surface area contributed by atoms with Crippen LogP contribution in [0.5, 0.6) is 0 Å². The lowest BCUT2D eigenvalue weighted by Gasteiger charge is -2.30. The average Bonchev–Trinajstić information content (AvgIpc) is 2.93. The lowest BCUT2D eigenvalue weighted by atomic mass is 9.98. The number of carbonyl (C=O) groups excluding carboxylic acids is 1. The second-order valence-electron chi connectivity index (χ2n) is 6.66. The van der Waals surface area contributed by atoms with Crippen molar-refractivity contribution in [3.63, 3.8) is 0 Å². The lowest BCUT2D eigenvalue weighted by Crippen LogP contribution is -2.31. The Morgan fingerprint density at radius 3 is 2.64 bits per heavy atom. The Hall–Kier alpha value is -2.37. The monoisotopic (exact) mass is 345 g/mol. The summed E-state index contributed by atoms with van der Waals surface area (Å²) in [6.45, 7) is 7.26. The number of rotatable bonds is 4. The molecule has 0 aliphatic carbocycles. The van der Waals surface area contributed by atoms with E-state index in [1.165, 1.54) is 18.6 Å². The summed E-state index contributed by atoms with van der Waals surface area (Å²) in [5.74, 6) is -0.348. The van der Waals surface area contributed by atoms with Crippen molar-refractivity contribution in [3.8, 4) is 0 Å². The maximum Gasteiger partial charge on any atom is 0.231 e. The molecule has 134 valence electrons. The van der Waals surface area contributed by atoms with E-state index in [1.807, 2.05) is 13.8 Å². The number of aryl methyl sites for hydroxylation is 2. The number of hydrogen-bond donors (Lipinski definition) is 1. The van der Waals surface area contributed by atoms with E-state index >= 15 is 0 Å². The van der Waals surface area contributed by atoms with E-state index < -0.39 is 5.92 Å². The van der Waals surface area contributed by atoms with Gasteiger partial charge in [-0.3, -0.25) is 4.79 Å². The maximum atomic E-state index is 13.8. The smallest absolute Gasteiger partial charge is 0.231 e. The Morgan fingerprint density at radius 1 is 1.28 bits per heavy atom. The number of halogens is 1. The van der Waals surface area contributed by atoms with Crippen molar-refractivity contribution >= 4 is 17.3 Å². The molecule has 1 aromatic carbocycles. The number of benzene rings is 1. The fraction of sp³-hybridized carbons (Fsp3) is 0.474. The van der Waals surface area contributed by atoms with Gasteiger partial charge in [0.05, 0.1) is 23.0 Å². The Morgan fingerprint density at radius 2 is 2.00 bits per heavy atom. The molecule has 25 heavy (non-hydrogen) atoms. The highest BCUT2D eigenvalue weighted by atomic mass is 19.1. The van der Waals surface area contributed by atoms with Crippen molar-refractivity contribution in [2.24, 2.45) is 0 Å². The van der Waals surface area contributed by atoms with Crippen LogP contribution in [0.25, 0.3) is 0 Å². The maximum absolute atomic E-state index is 13.8. The first-order chi connectivity index (χ1) is 12.0. The summed E-state index contributed by atoms with van der Waals surface area (Å²) in [7, 11) is 0. The van der Waals surface area contributed by atoms with Gasteiger partial charge in [-0.15, -0.1) is 0 Å². The minimum atomic E-state index is -0.427. The van der Waals surface area contributed by atoms with Gasteiger partial charge in [0.2, 0.25) is 5.91 Å². The largest absolute Gasteiger partial charge is 0.370 e. The minimum absolute atomic E-state index is 0.196. The molecule has 2 aromatic rings. The van der Waals surface area contributed by atoms with Gasteiger partial charge in [-0.05, 0) is 58.2 Å². The van der Waals surface area contributed by atoms with Crippen molar-refractivity contribution in [2.45, 2.75) is 46.0 Å². The van der Waals surface area contributed by atoms with E-state index in [2.05, 4.69) is 15.4 Å². The van der Waals surface area contributed by atoms with Crippen LogP contribution in [0.1, 0.15) is 49.1 Å². The zero-order valence-electron chi connectivity index (χ0n) is 14.9. The summed E-state index contributed by atoms with van der Waals surface area (Å²) in [5, 5.41) is 6.81. The molecule has 1 amide bonds. The summed E-state index contributed by atoms with van der Waals surface area (Å²) in [4.78, 5) is 14.9. The first-order valence-corrected chi connectivity index (χ1v) is 8.75. The number of piperidine rings is 1. The van der Waals surface area contributed by atoms with Gasteiger partial charge in [0, 0.05) is 18.7 Å². The number of carbonyl (C=O) groups is 1. The third kappa shape index (κ3) is 3.67. The molecular formula is C19H24FN3O2. The number of hydrogen-bond acceptors (Lipinski definition) is 4. The first kappa shape index (κ1) is 17.5. The zero-order valence-corrected chi connectivity index (χ0v) is 14.9. The van der Waals surface area contributed by atoms with Gasteiger partial charge in [-0.1, -0.05) is 5.16 Å². The molecule has 6 heteroatoms.